The molecule has 2 aliphatic heterocycles. The van der Waals surface area contributed by atoms with Gasteiger partial charge in [0.2, 0.25) is 5.95 Å². The van der Waals surface area contributed by atoms with Gasteiger partial charge in [-0.1, -0.05) is 11.6 Å². The molecule has 1 atom stereocenters. The first kappa shape index (κ1) is 14.3. The first-order valence-corrected chi connectivity index (χ1v) is 7.26. The number of nitrogens with zero attached hydrogens (tertiary/aromatic N) is 4. The molecule has 7 nitrogen and oxygen atoms in total. The molecule has 0 N–H and O–H groups in total. The zero-order valence-corrected chi connectivity index (χ0v) is 12.8. The van der Waals surface area contributed by atoms with E-state index in [1.165, 1.54) is 12.0 Å². The molecule has 8 heteroatoms. The average Bonchev–Trinajstić information content (AvgIpc) is 2.91. The molecule has 1 saturated heterocycles. The van der Waals surface area contributed by atoms with Gasteiger partial charge in [0, 0.05) is 18.7 Å². The van der Waals surface area contributed by atoms with Gasteiger partial charge in [-0.2, -0.15) is 4.98 Å². The Morgan fingerprint density at radius 1 is 1.43 bits per heavy atom. The lowest BCUT2D eigenvalue weighted by molar-refractivity contribution is 0.0981. The van der Waals surface area contributed by atoms with Gasteiger partial charge in [0.15, 0.2) is 0 Å². The van der Waals surface area contributed by atoms with Crippen molar-refractivity contribution in [3.63, 3.8) is 0 Å². The van der Waals surface area contributed by atoms with Gasteiger partial charge in [0.1, 0.15) is 11.0 Å². The number of amides is 1. The molecular formula is C13H17ClN4O3. The van der Waals surface area contributed by atoms with Crippen LogP contribution in [0.5, 0.6) is 0 Å². The molecule has 0 radical (unpaired) electrons. The quantitative estimate of drug-likeness (QED) is 0.732. The molecule has 1 fully saturated rings. The molecular weight excluding hydrogens is 296 g/mol. The number of ether oxygens (including phenoxy) is 2. The Kier molecular flexibility index (Phi) is 3.86. The minimum absolute atomic E-state index is 0.167. The predicted molar refractivity (Wildman–Crippen MR) is 78.1 cm³/mol. The maximum Gasteiger partial charge on any atom is 0.415 e. The summed E-state index contributed by atoms with van der Waals surface area (Å²) in [6.07, 6.45) is 0.215. The summed E-state index contributed by atoms with van der Waals surface area (Å²) >= 11 is 6.27. The highest BCUT2D eigenvalue weighted by Crippen LogP contribution is 2.33. The van der Waals surface area contributed by atoms with Gasteiger partial charge in [-0.15, -0.1) is 0 Å². The zero-order valence-electron chi connectivity index (χ0n) is 12.0. The first-order chi connectivity index (χ1) is 10.1. The number of carbonyl (C=O) groups excluding carboxylic acids is 1. The van der Waals surface area contributed by atoms with E-state index in [9.17, 15) is 4.79 Å². The average molecular weight is 313 g/mol. The molecule has 3 heterocycles. The lowest BCUT2D eigenvalue weighted by Gasteiger charge is -2.33. The topological polar surface area (TPSA) is 67.8 Å². The number of anilines is 2. The Morgan fingerprint density at radius 2 is 2.24 bits per heavy atom. The van der Waals surface area contributed by atoms with Crippen molar-refractivity contribution in [2.45, 2.75) is 19.4 Å². The summed E-state index contributed by atoms with van der Waals surface area (Å²) in [6, 6.07) is 0.167. The lowest BCUT2D eigenvalue weighted by Crippen LogP contribution is -2.44. The Bertz CT molecular complexity index is 569. The third-order valence-electron chi connectivity index (χ3n) is 3.78. The van der Waals surface area contributed by atoms with Gasteiger partial charge < -0.3 is 14.4 Å². The predicted octanol–water partition coefficient (Wildman–Crippen LogP) is 1.48. The number of carbonyl (C=O) groups is 1. The first-order valence-electron chi connectivity index (χ1n) is 6.88. The molecule has 0 aliphatic carbocycles. The molecule has 0 bridgehead atoms. The molecule has 21 heavy (non-hydrogen) atoms. The Morgan fingerprint density at radius 3 is 2.95 bits per heavy atom. The maximum atomic E-state index is 11.8. The van der Waals surface area contributed by atoms with Crippen LogP contribution in [0.15, 0.2) is 0 Å². The highest BCUT2D eigenvalue weighted by Gasteiger charge is 2.32. The van der Waals surface area contributed by atoms with Crippen LogP contribution in [0.2, 0.25) is 5.15 Å². The molecule has 1 aromatic heterocycles. The van der Waals surface area contributed by atoms with Crippen molar-refractivity contribution < 1.29 is 14.3 Å². The van der Waals surface area contributed by atoms with Crippen LogP contribution in [0.3, 0.4) is 0 Å². The summed E-state index contributed by atoms with van der Waals surface area (Å²) in [5, 5.41) is 0.403. The van der Waals surface area contributed by atoms with E-state index < -0.39 is 6.09 Å². The molecule has 2 aliphatic rings. The van der Waals surface area contributed by atoms with Crippen LogP contribution in [0.1, 0.15) is 12.5 Å². The van der Waals surface area contributed by atoms with E-state index in [0.717, 1.165) is 5.56 Å². The van der Waals surface area contributed by atoms with E-state index >= 15 is 0 Å². The van der Waals surface area contributed by atoms with Crippen molar-refractivity contribution in [1.82, 2.24) is 9.97 Å². The van der Waals surface area contributed by atoms with E-state index in [2.05, 4.69) is 9.97 Å². The molecule has 0 unspecified atom stereocenters. The van der Waals surface area contributed by atoms with E-state index in [1.807, 2.05) is 11.8 Å². The number of hydrogen-bond donors (Lipinski definition) is 0. The monoisotopic (exact) mass is 312 g/mol. The van der Waals surface area contributed by atoms with E-state index in [-0.39, 0.29) is 6.04 Å². The van der Waals surface area contributed by atoms with Gasteiger partial charge >= 0.3 is 6.09 Å². The third-order valence-corrected chi connectivity index (χ3v) is 4.10. The number of halogens is 1. The Labute approximate surface area is 127 Å². The van der Waals surface area contributed by atoms with Crippen LogP contribution in [0.4, 0.5) is 16.6 Å². The fourth-order valence-electron chi connectivity index (χ4n) is 2.64. The van der Waals surface area contributed by atoms with Gasteiger partial charge in [-0.05, 0) is 13.3 Å². The molecule has 0 spiro atoms. The van der Waals surface area contributed by atoms with Crippen molar-refractivity contribution in [2.24, 2.45) is 0 Å². The second kappa shape index (κ2) is 5.65. The van der Waals surface area contributed by atoms with Crippen molar-refractivity contribution in [3.8, 4) is 0 Å². The van der Waals surface area contributed by atoms with E-state index in [0.29, 0.717) is 49.6 Å². The number of aromatic nitrogens is 2. The summed E-state index contributed by atoms with van der Waals surface area (Å²) in [4.78, 5) is 24.3. The second-order valence-corrected chi connectivity index (χ2v) is 5.46. The maximum absolute atomic E-state index is 11.8. The molecule has 1 aromatic rings. The fraction of sp³-hybridized carbons (Fsp3) is 0.615. The normalized spacial score (nSPS) is 21.4. The number of hydrogen-bond acceptors (Lipinski definition) is 6. The van der Waals surface area contributed by atoms with E-state index in [4.69, 9.17) is 21.1 Å². The lowest BCUT2D eigenvalue weighted by atomic mass is 10.2. The smallest absolute Gasteiger partial charge is 0.415 e. The minimum Gasteiger partial charge on any atom is -0.452 e. The molecule has 114 valence electrons. The number of fused-ring (bicyclic) bond motifs is 1. The third kappa shape index (κ3) is 2.51. The zero-order chi connectivity index (χ0) is 15.0. The van der Waals surface area contributed by atoms with Gasteiger partial charge in [0.25, 0.3) is 0 Å². The van der Waals surface area contributed by atoms with Crippen molar-refractivity contribution in [2.75, 3.05) is 43.2 Å². The summed E-state index contributed by atoms with van der Waals surface area (Å²) in [6.45, 7) is 4.51. The molecule has 0 aromatic carbocycles. The Hall–Kier alpha value is -1.60. The fourth-order valence-corrected chi connectivity index (χ4v) is 2.90. The Balaban J connectivity index is 1.97. The van der Waals surface area contributed by atoms with Gasteiger partial charge in [-0.25, -0.2) is 9.78 Å². The summed E-state index contributed by atoms with van der Waals surface area (Å²) in [5.74, 6) is 1.08. The summed E-state index contributed by atoms with van der Waals surface area (Å²) < 4.78 is 10.2. The summed E-state index contributed by atoms with van der Waals surface area (Å²) in [7, 11) is 1.36. The SMILES string of the molecule is COC(=O)N1CCc2c(Cl)nc(N3CCOC[C@H]3C)nc21. The van der Waals surface area contributed by atoms with Crippen LogP contribution < -0.4 is 9.80 Å². The van der Waals surface area contributed by atoms with Crippen molar-refractivity contribution >= 4 is 29.5 Å². The van der Waals surface area contributed by atoms with Crippen molar-refractivity contribution in [3.05, 3.63) is 10.7 Å². The summed E-state index contributed by atoms with van der Waals surface area (Å²) in [5.41, 5.74) is 0.798. The number of morpholine rings is 1. The standard InChI is InChI=1S/C13H17ClN4O3/c1-8-7-21-6-5-17(8)12-15-10(14)9-3-4-18(11(9)16-12)13(19)20-2/h8H,3-7H2,1-2H3/t8-/m1/s1. The highest BCUT2D eigenvalue weighted by molar-refractivity contribution is 6.30. The largest absolute Gasteiger partial charge is 0.452 e. The van der Waals surface area contributed by atoms with Gasteiger partial charge in [0.05, 0.1) is 26.4 Å². The van der Waals surface area contributed by atoms with Crippen LogP contribution in [0, 0.1) is 0 Å². The highest BCUT2D eigenvalue weighted by atomic mass is 35.5. The number of methoxy groups -OCH3 is 1. The second-order valence-electron chi connectivity index (χ2n) is 5.11. The van der Waals surface area contributed by atoms with Crippen molar-refractivity contribution in [1.29, 1.82) is 0 Å². The van der Waals surface area contributed by atoms with Gasteiger partial charge in [-0.3, -0.25) is 4.90 Å². The number of rotatable bonds is 1. The van der Waals surface area contributed by atoms with Crippen LogP contribution >= 0.6 is 11.6 Å². The van der Waals surface area contributed by atoms with Crippen LogP contribution in [-0.4, -0.2) is 55.5 Å². The van der Waals surface area contributed by atoms with E-state index in [1.54, 1.807) is 0 Å². The minimum atomic E-state index is -0.426. The molecule has 3 rings (SSSR count). The van der Waals surface area contributed by atoms with Crippen LogP contribution in [-0.2, 0) is 15.9 Å². The molecule has 1 amide bonds. The molecule has 0 saturated carbocycles. The van der Waals surface area contributed by atoms with Crippen LogP contribution in [0.25, 0.3) is 0 Å².